The molecule has 1 fully saturated rings. The van der Waals surface area contributed by atoms with E-state index in [2.05, 4.69) is 21.6 Å². The molecule has 0 aliphatic carbocycles. The summed E-state index contributed by atoms with van der Waals surface area (Å²) >= 11 is 1.66. The highest BCUT2D eigenvalue weighted by Gasteiger charge is 2.24. The number of amides is 2. The van der Waals surface area contributed by atoms with Crippen LogP contribution in [0.15, 0.2) is 47.8 Å². The SMILES string of the molecule is CNC(=O)C1CCN(CCC(=O)N[C@H](c2ccccc2)c2cccs2)CC1. The number of benzene rings is 1. The van der Waals surface area contributed by atoms with Gasteiger partial charge >= 0.3 is 0 Å². The van der Waals surface area contributed by atoms with Crippen LogP contribution < -0.4 is 10.6 Å². The molecule has 2 aromatic rings. The molecule has 1 atom stereocenters. The summed E-state index contributed by atoms with van der Waals surface area (Å²) in [5.74, 6) is 0.307. The maximum atomic E-state index is 12.6. The molecule has 2 heterocycles. The van der Waals surface area contributed by atoms with Gasteiger partial charge in [-0.3, -0.25) is 9.59 Å². The molecule has 1 aromatic heterocycles. The van der Waals surface area contributed by atoms with Crippen molar-refractivity contribution in [1.82, 2.24) is 15.5 Å². The first kappa shape index (κ1) is 19.6. The predicted octanol–water partition coefficient (Wildman–Crippen LogP) is 2.80. The van der Waals surface area contributed by atoms with E-state index in [1.807, 2.05) is 41.8 Å². The molecule has 0 spiro atoms. The van der Waals surface area contributed by atoms with Crippen molar-refractivity contribution in [3.8, 4) is 0 Å². The van der Waals surface area contributed by atoms with Crippen molar-refractivity contribution in [3.63, 3.8) is 0 Å². The van der Waals surface area contributed by atoms with Gasteiger partial charge < -0.3 is 15.5 Å². The first-order chi connectivity index (χ1) is 13.2. The third kappa shape index (κ3) is 5.40. The second-order valence-electron chi connectivity index (χ2n) is 6.91. The average Bonchev–Trinajstić information content (AvgIpc) is 3.25. The molecule has 1 saturated heterocycles. The van der Waals surface area contributed by atoms with E-state index < -0.39 is 0 Å². The summed E-state index contributed by atoms with van der Waals surface area (Å²) in [5.41, 5.74) is 1.10. The fourth-order valence-electron chi connectivity index (χ4n) is 3.54. The topological polar surface area (TPSA) is 61.4 Å². The van der Waals surface area contributed by atoms with Crippen LogP contribution in [0.2, 0.25) is 0 Å². The van der Waals surface area contributed by atoms with Crippen LogP contribution in [0.4, 0.5) is 0 Å². The van der Waals surface area contributed by atoms with Crippen molar-refractivity contribution in [2.24, 2.45) is 5.92 Å². The summed E-state index contributed by atoms with van der Waals surface area (Å²) in [6.07, 6.45) is 2.20. The first-order valence-electron chi connectivity index (χ1n) is 9.49. The predicted molar refractivity (Wildman–Crippen MR) is 109 cm³/mol. The van der Waals surface area contributed by atoms with E-state index in [0.29, 0.717) is 6.42 Å². The molecule has 5 nitrogen and oxygen atoms in total. The molecule has 2 amide bonds. The number of piperidine rings is 1. The molecular formula is C21H27N3O2S. The van der Waals surface area contributed by atoms with E-state index in [1.165, 1.54) is 0 Å². The van der Waals surface area contributed by atoms with Gasteiger partial charge in [-0.15, -0.1) is 11.3 Å². The van der Waals surface area contributed by atoms with Gasteiger partial charge in [-0.2, -0.15) is 0 Å². The highest BCUT2D eigenvalue weighted by atomic mass is 32.1. The second-order valence-corrected chi connectivity index (χ2v) is 7.89. The summed E-state index contributed by atoms with van der Waals surface area (Å²) in [4.78, 5) is 27.7. The van der Waals surface area contributed by atoms with Crippen LogP contribution in [0.25, 0.3) is 0 Å². The van der Waals surface area contributed by atoms with Crippen LogP contribution in [-0.4, -0.2) is 43.4 Å². The molecule has 0 radical (unpaired) electrons. The number of rotatable bonds is 7. The largest absolute Gasteiger partial charge is 0.359 e. The molecule has 1 aliphatic heterocycles. The molecule has 1 aromatic carbocycles. The van der Waals surface area contributed by atoms with Crippen molar-refractivity contribution in [2.75, 3.05) is 26.7 Å². The number of nitrogens with one attached hydrogen (secondary N) is 2. The average molecular weight is 386 g/mol. The molecule has 0 saturated carbocycles. The summed E-state index contributed by atoms with van der Waals surface area (Å²) in [5, 5.41) is 7.96. The summed E-state index contributed by atoms with van der Waals surface area (Å²) in [6, 6.07) is 14.1. The Morgan fingerprint density at radius 3 is 2.52 bits per heavy atom. The molecule has 27 heavy (non-hydrogen) atoms. The zero-order valence-electron chi connectivity index (χ0n) is 15.7. The normalized spacial score (nSPS) is 16.6. The van der Waals surface area contributed by atoms with Crippen LogP contribution in [0.5, 0.6) is 0 Å². The smallest absolute Gasteiger partial charge is 0.222 e. The number of likely N-dealkylation sites (tertiary alicyclic amines) is 1. The molecule has 1 aliphatic rings. The fourth-order valence-corrected chi connectivity index (χ4v) is 4.34. The number of nitrogens with zero attached hydrogens (tertiary/aromatic N) is 1. The van der Waals surface area contributed by atoms with Gasteiger partial charge in [0.25, 0.3) is 0 Å². The lowest BCUT2D eigenvalue weighted by atomic mass is 9.96. The molecule has 0 unspecified atom stereocenters. The van der Waals surface area contributed by atoms with E-state index in [0.717, 1.165) is 42.9 Å². The zero-order chi connectivity index (χ0) is 19.1. The van der Waals surface area contributed by atoms with Crippen molar-refractivity contribution in [2.45, 2.75) is 25.3 Å². The van der Waals surface area contributed by atoms with Crippen molar-refractivity contribution < 1.29 is 9.59 Å². The van der Waals surface area contributed by atoms with Gasteiger partial charge in [-0.05, 0) is 42.9 Å². The van der Waals surface area contributed by atoms with Crippen molar-refractivity contribution in [3.05, 3.63) is 58.3 Å². The quantitative estimate of drug-likeness (QED) is 0.770. The Morgan fingerprint density at radius 2 is 1.89 bits per heavy atom. The standard InChI is InChI=1S/C21H27N3O2S/c1-22-21(26)17-9-12-24(13-10-17)14-11-19(25)23-20(18-8-5-15-27-18)16-6-3-2-4-7-16/h2-8,15,17,20H,9-14H2,1H3,(H,22,26)(H,23,25)/t20-/m1/s1. The maximum absolute atomic E-state index is 12.6. The van der Waals surface area contributed by atoms with Gasteiger partial charge in [0.2, 0.25) is 11.8 Å². The molecule has 6 heteroatoms. The third-order valence-electron chi connectivity index (χ3n) is 5.13. The summed E-state index contributed by atoms with van der Waals surface area (Å²) < 4.78 is 0. The number of carbonyl (C=O) groups is 2. The van der Waals surface area contributed by atoms with Crippen LogP contribution in [-0.2, 0) is 9.59 Å². The lowest BCUT2D eigenvalue weighted by molar-refractivity contribution is -0.126. The number of hydrogen-bond acceptors (Lipinski definition) is 4. The van der Waals surface area contributed by atoms with E-state index in [4.69, 9.17) is 0 Å². The van der Waals surface area contributed by atoms with E-state index in [1.54, 1.807) is 18.4 Å². The van der Waals surface area contributed by atoms with E-state index >= 15 is 0 Å². The number of thiophene rings is 1. The van der Waals surface area contributed by atoms with Crippen LogP contribution in [0.1, 0.15) is 35.7 Å². The highest BCUT2D eigenvalue weighted by molar-refractivity contribution is 7.10. The third-order valence-corrected chi connectivity index (χ3v) is 6.06. The van der Waals surface area contributed by atoms with E-state index in [9.17, 15) is 9.59 Å². The molecule has 0 bridgehead atoms. The molecular weight excluding hydrogens is 358 g/mol. The van der Waals surface area contributed by atoms with Gasteiger partial charge in [0.1, 0.15) is 0 Å². The van der Waals surface area contributed by atoms with Gasteiger partial charge in [0.15, 0.2) is 0 Å². The van der Waals surface area contributed by atoms with Crippen LogP contribution in [0, 0.1) is 5.92 Å². The zero-order valence-corrected chi connectivity index (χ0v) is 16.5. The Labute approximate surface area is 164 Å². The van der Waals surface area contributed by atoms with Gasteiger partial charge in [-0.25, -0.2) is 0 Å². The fraction of sp³-hybridized carbons (Fsp3) is 0.429. The van der Waals surface area contributed by atoms with Gasteiger partial charge in [-0.1, -0.05) is 36.4 Å². The Kier molecular flexibility index (Phi) is 7.01. The lowest BCUT2D eigenvalue weighted by Gasteiger charge is -2.31. The monoisotopic (exact) mass is 385 g/mol. The Balaban J connectivity index is 1.51. The first-order valence-corrected chi connectivity index (χ1v) is 10.4. The van der Waals surface area contributed by atoms with Crippen molar-refractivity contribution >= 4 is 23.2 Å². The minimum atomic E-state index is -0.0994. The second kappa shape index (κ2) is 9.67. The summed E-state index contributed by atoms with van der Waals surface area (Å²) in [6.45, 7) is 2.48. The lowest BCUT2D eigenvalue weighted by Crippen LogP contribution is -2.41. The van der Waals surface area contributed by atoms with Gasteiger partial charge in [0.05, 0.1) is 6.04 Å². The minimum Gasteiger partial charge on any atom is -0.359 e. The number of hydrogen-bond donors (Lipinski definition) is 2. The number of carbonyl (C=O) groups excluding carboxylic acids is 2. The van der Waals surface area contributed by atoms with Gasteiger partial charge in [0, 0.05) is 30.8 Å². The Hall–Kier alpha value is -2.18. The van der Waals surface area contributed by atoms with E-state index in [-0.39, 0.29) is 23.8 Å². The minimum absolute atomic E-state index is 0.0608. The Morgan fingerprint density at radius 1 is 1.15 bits per heavy atom. The summed E-state index contributed by atoms with van der Waals surface area (Å²) in [7, 11) is 1.69. The molecule has 2 N–H and O–H groups in total. The molecule has 3 rings (SSSR count). The maximum Gasteiger partial charge on any atom is 0.222 e. The van der Waals surface area contributed by atoms with Crippen LogP contribution >= 0.6 is 11.3 Å². The highest BCUT2D eigenvalue weighted by Crippen LogP contribution is 2.26. The Bertz CT molecular complexity index is 725. The van der Waals surface area contributed by atoms with Crippen LogP contribution in [0.3, 0.4) is 0 Å². The molecule has 144 valence electrons. The van der Waals surface area contributed by atoms with Crippen molar-refractivity contribution in [1.29, 1.82) is 0 Å².